The molecule has 3 aromatic rings. The molecule has 0 aromatic heterocycles. The lowest BCUT2D eigenvalue weighted by atomic mass is 10.1. The summed E-state index contributed by atoms with van der Waals surface area (Å²) in [5, 5.41) is 2.86. The van der Waals surface area contributed by atoms with Gasteiger partial charge in [0.15, 0.2) is 6.10 Å². The van der Waals surface area contributed by atoms with Crippen molar-refractivity contribution in [1.82, 2.24) is 0 Å². The first kappa shape index (κ1) is 21.9. The third-order valence-corrected chi connectivity index (χ3v) is 7.45. The van der Waals surface area contributed by atoms with Crippen molar-refractivity contribution in [2.24, 2.45) is 0 Å². The average molecular weight is 451 g/mol. The molecule has 1 N–H and O–H groups in total. The van der Waals surface area contributed by atoms with Crippen molar-refractivity contribution in [3.63, 3.8) is 0 Å². The lowest BCUT2D eigenvalue weighted by Crippen LogP contribution is -2.48. The van der Waals surface area contributed by atoms with Crippen molar-refractivity contribution in [2.45, 2.75) is 38.7 Å². The van der Waals surface area contributed by atoms with Gasteiger partial charge in [0, 0.05) is 5.69 Å². The van der Waals surface area contributed by atoms with Crippen LogP contribution < -0.4 is 14.4 Å². The van der Waals surface area contributed by atoms with Gasteiger partial charge in [-0.05, 0) is 80.8 Å². The second-order valence-corrected chi connectivity index (χ2v) is 10.1. The van der Waals surface area contributed by atoms with E-state index >= 15 is 0 Å². The van der Waals surface area contributed by atoms with E-state index in [4.69, 9.17) is 4.74 Å². The van der Waals surface area contributed by atoms with E-state index in [1.807, 2.05) is 52.0 Å². The highest BCUT2D eigenvalue weighted by Gasteiger charge is 2.37. The number of ether oxygens (including phenoxy) is 1. The van der Waals surface area contributed by atoms with Crippen LogP contribution in [-0.2, 0) is 14.8 Å². The van der Waals surface area contributed by atoms with Gasteiger partial charge in [-0.1, -0.05) is 29.8 Å². The first-order valence-corrected chi connectivity index (χ1v) is 11.8. The number of carbonyl (C=O) groups is 1. The number of hydrogen-bond acceptors (Lipinski definition) is 4. The quantitative estimate of drug-likeness (QED) is 0.634. The molecule has 0 unspecified atom stereocenters. The van der Waals surface area contributed by atoms with Gasteiger partial charge in [0.05, 0.1) is 17.1 Å². The molecule has 0 radical (unpaired) electrons. The molecule has 7 heteroatoms. The molecule has 0 aliphatic carbocycles. The van der Waals surface area contributed by atoms with Crippen LogP contribution in [0.2, 0.25) is 0 Å². The highest BCUT2D eigenvalue weighted by molar-refractivity contribution is 7.92. The van der Waals surface area contributed by atoms with E-state index in [1.54, 1.807) is 36.4 Å². The summed E-state index contributed by atoms with van der Waals surface area (Å²) in [6.07, 6.45) is -0.994. The molecule has 6 nitrogen and oxygen atoms in total. The molecule has 1 amide bonds. The van der Waals surface area contributed by atoms with Gasteiger partial charge in [0.25, 0.3) is 15.9 Å². The van der Waals surface area contributed by atoms with Gasteiger partial charge >= 0.3 is 0 Å². The number of benzene rings is 3. The van der Waals surface area contributed by atoms with Crippen LogP contribution in [0.4, 0.5) is 11.4 Å². The fourth-order valence-electron chi connectivity index (χ4n) is 3.60. The number of rotatable bonds is 4. The maximum Gasteiger partial charge on any atom is 0.267 e. The predicted molar refractivity (Wildman–Crippen MR) is 126 cm³/mol. The second-order valence-electron chi connectivity index (χ2n) is 8.22. The SMILES string of the molecule is Cc1ccc(S(=O)(=O)N2C[C@@H](C(=O)Nc3ccc(C)c(C)c3)Oc3cc(C)ccc32)cc1. The van der Waals surface area contributed by atoms with E-state index in [2.05, 4.69) is 5.32 Å². The average Bonchev–Trinajstić information content (AvgIpc) is 2.75. The van der Waals surface area contributed by atoms with Crippen LogP contribution in [0.5, 0.6) is 5.75 Å². The molecule has 3 aromatic carbocycles. The number of fused-ring (bicyclic) bond motifs is 1. The predicted octanol–water partition coefficient (Wildman–Crippen LogP) is 4.52. The van der Waals surface area contributed by atoms with Gasteiger partial charge in [-0.25, -0.2) is 8.42 Å². The van der Waals surface area contributed by atoms with E-state index in [0.29, 0.717) is 17.1 Å². The summed E-state index contributed by atoms with van der Waals surface area (Å²) in [4.78, 5) is 13.2. The summed E-state index contributed by atoms with van der Waals surface area (Å²) >= 11 is 0. The number of nitrogens with zero attached hydrogens (tertiary/aromatic N) is 1. The van der Waals surface area contributed by atoms with Crippen LogP contribution in [0.1, 0.15) is 22.3 Å². The first-order valence-electron chi connectivity index (χ1n) is 10.4. The zero-order valence-electron chi connectivity index (χ0n) is 18.5. The lowest BCUT2D eigenvalue weighted by Gasteiger charge is -2.35. The van der Waals surface area contributed by atoms with Gasteiger partial charge in [-0.15, -0.1) is 0 Å². The Morgan fingerprint density at radius 1 is 0.906 bits per heavy atom. The van der Waals surface area contributed by atoms with Gasteiger partial charge in [-0.3, -0.25) is 9.10 Å². The van der Waals surface area contributed by atoms with Gasteiger partial charge < -0.3 is 10.1 Å². The van der Waals surface area contributed by atoms with Crippen molar-refractivity contribution in [3.05, 3.63) is 82.9 Å². The van der Waals surface area contributed by atoms with E-state index < -0.39 is 22.0 Å². The van der Waals surface area contributed by atoms with Crippen molar-refractivity contribution < 1.29 is 17.9 Å². The summed E-state index contributed by atoms with van der Waals surface area (Å²) in [5.74, 6) is -0.0308. The monoisotopic (exact) mass is 450 g/mol. The van der Waals surface area contributed by atoms with Gasteiger partial charge in [0.1, 0.15) is 5.75 Å². The number of sulfonamides is 1. The Balaban J connectivity index is 1.69. The number of nitrogens with one attached hydrogen (secondary N) is 1. The first-order chi connectivity index (χ1) is 15.1. The smallest absolute Gasteiger partial charge is 0.267 e. The Kier molecular flexibility index (Phi) is 5.69. The largest absolute Gasteiger partial charge is 0.476 e. The molecule has 1 aliphatic heterocycles. The lowest BCUT2D eigenvalue weighted by molar-refractivity contribution is -0.122. The Hall–Kier alpha value is -3.32. The standard InChI is InChI=1S/C25H26N2O4S/c1-16-5-10-21(11-6-16)32(29,30)27-15-24(31-23-13-17(2)7-12-22(23)27)25(28)26-20-9-8-18(3)19(4)14-20/h5-14,24H,15H2,1-4H3,(H,26,28)/t24-/m0/s1. The number of amides is 1. The Labute approximate surface area is 188 Å². The van der Waals surface area contributed by atoms with Crippen LogP contribution in [0.3, 0.4) is 0 Å². The molecule has 1 aliphatic rings. The molecule has 4 rings (SSSR count). The zero-order valence-corrected chi connectivity index (χ0v) is 19.4. The maximum atomic E-state index is 13.5. The van der Waals surface area contributed by atoms with Crippen LogP contribution >= 0.6 is 0 Å². The van der Waals surface area contributed by atoms with Crippen molar-refractivity contribution >= 4 is 27.3 Å². The number of hydrogen-bond donors (Lipinski definition) is 1. The number of aryl methyl sites for hydroxylation is 4. The van der Waals surface area contributed by atoms with Crippen LogP contribution in [0, 0.1) is 27.7 Å². The second kappa shape index (κ2) is 8.31. The molecule has 1 heterocycles. The summed E-state index contributed by atoms with van der Waals surface area (Å²) in [6.45, 7) is 7.63. The molecule has 1 atom stereocenters. The van der Waals surface area contributed by atoms with Crippen molar-refractivity contribution in [1.29, 1.82) is 0 Å². The molecule has 0 bridgehead atoms. The summed E-state index contributed by atoms with van der Waals surface area (Å²) < 4.78 is 34.2. The Bertz CT molecular complexity index is 1280. The minimum absolute atomic E-state index is 0.122. The third-order valence-electron chi connectivity index (χ3n) is 5.66. The molecular weight excluding hydrogens is 424 g/mol. The highest BCUT2D eigenvalue weighted by Crippen LogP contribution is 2.38. The van der Waals surface area contributed by atoms with E-state index in [9.17, 15) is 13.2 Å². The van der Waals surface area contributed by atoms with Crippen LogP contribution in [0.15, 0.2) is 65.6 Å². The maximum absolute atomic E-state index is 13.5. The molecular formula is C25H26N2O4S. The minimum Gasteiger partial charge on any atom is -0.476 e. The van der Waals surface area contributed by atoms with E-state index in [1.165, 1.54) is 4.31 Å². The van der Waals surface area contributed by atoms with Gasteiger partial charge in [0.2, 0.25) is 0 Å². The topological polar surface area (TPSA) is 75.7 Å². The molecule has 32 heavy (non-hydrogen) atoms. The summed E-state index contributed by atoms with van der Waals surface area (Å²) in [6, 6.07) is 17.6. The van der Waals surface area contributed by atoms with E-state index in [0.717, 1.165) is 22.3 Å². The Morgan fingerprint density at radius 2 is 1.59 bits per heavy atom. The third kappa shape index (κ3) is 4.21. The van der Waals surface area contributed by atoms with Crippen molar-refractivity contribution in [3.8, 4) is 5.75 Å². The highest BCUT2D eigenvalue weighted by atomic mass is 32.2. The molecule has 166 valence electrons. The molecule has 0 spiro atoms. The fourth-order valence-corrected chi connectivity index (χ4v) is 5.08. The number of anilines is 2. The van der Waals surface area contributed by atoms with E-state index in [-0.39, 0.29) is 11.4 Å². The van der Waals surface area contributed by atoms with Crippen LogP contribution in [-0.4, -0.2) is 27.0 Å². The zero-order chi connectivity index (χ0) is 23.0. The fraction of sp³-hybridized carbons (Fsp3) is 0.240. The summed E-state index contributed by atoms with van der Waals surface area (Å²) in [7, 11) is -3.88. The van der Waals surface area contributed by atoms with Crippen molar-refractivity contribution in [2.75, 3.05) is 16.2 Å². The number of carbonyl (C=O) groups excluding carboxylic acids is 1. The molecule has 0 fully saturated rings. The van der Waals surface area contributed by atoms with Crippen LogP contribution in [0.25, 0.3) is 0 Å². The molecule has 0 saturated heterocycles. The summed E-state index contributed by atoms with van der Waals surface area (Å²) in [5.41, 5.74) is 5.11. The molecule has 0 saturated carbocycles. The Morgan fingerprint density at radius 3 is 2.28 bits per heavy atom. The normalized spacial score (nSPS) is 15.6. The van der Waals surface area contributed by atoms with Gasteiger partial charge in [-0.2, -0.15) is 0 Å². The minimum atomic E-state index is -3.88.